The fourth-order valence-corrected chi connectivity index (χ4v) is 4.98. The van der Waals surface area contributed by atoms with Gasteiger partial charge in [0.1, 0.15) is 11.2 Å². The van der Waals surface area contributed by atoms with E-state index < -0.39 is 23.1 Å². The number of benzene rings is 2. The van der Waals surface area contributed by atoms with E-state index in [1.54, 1.807) is 12.3 Å². The number of aromatic nitrogens is 2. The SMILES string of the molecule is Cc1cc(C(N)=O)cn2c(-c3ccccc3)c(-c3ccc(C4(NC(=O)OC(C)(C)C)CCC4)cc3)nc12. The molecule has 1 fully saturated rings. The van der Waals surface area contributed by atoms with E-state index in [1.165, 1.54) is 0 Å². The van der Waals surface area contributed by atoms with Crippen molar-refractivity contribution in [1.82, 2.24) is 14.7 Å². The quantitative estimate of drug-likeness (QED) is 0.355. The highest BCUT2D eigenvalue weighted by Crippen LogP contribution is 2.42. The average Bonchev–Trinajstić information content (AvgIpc) is 3.21. The number of hydrogen-bond acceptors (Lipinski definition) is 4. The summed E-state index contributed by atoms with van der Waals surface area (Å²) < 4.78 is 7.47. The molecule has 1 saturated carbocycles. The lowest BCUT2D eigenvalue weighted by Crippen LogP contribution is -2.52. The van der Waals surface area contributed by atoms with E-state index in [-0.39, 0.29) is 0 Å². The normalized spacial score (nSPS) is 14.7. The summed E-state index contributed by atoms with van der Waals surface area (Å²) in [7, 11) is 0. The van der Waals surface area contributed by atoms with Gasteiger partial charge in [-0.1, -0.05) is 54.6 Å². The zero-order valence-corrected chi connectivity index (χ0v) is 21.7. The Balaban J connectivity index is 1.57. The molecule has 1 aliphatic rings. The number of nitrogens with two attached hydrogens (primary N) is 1. The summed E-state index contributed by atoms with van der Waals surface area (Å²) in [6.45, 7) is 7.52. The van der Waals surface area contributed by atoms with E-state index in [9.17, 15) is 9.59 Å². The highest BCUT2D eigenvalue weighted by atomic mass is 16.6. The fraction of sp³-hybridized carbons (Fsp3) is 0.300. The summed E-state index contributed by atoms with van der Waals surface area (Å²) in [5.74, 6) is -0.480. The number of fused-ring (bicyclic) bond motifs is 1. The molecule has 0 spiro atoms. The minimum Gasteiger partial charge on any atom is -0.444 e. The Morgan fingerprint density at radius 1 is 1.03 bits per heavy atom. The maximum absolute atomic E-state index is 12.6. The van der Waals surface area contributed by atoms with Gasteiger partial charge in [-0.3, -0.25) is 9.20 Å². The van der Waals surface area contributed by atoms with E-state index in [0.717, 1.165) is 58.6 Å². The van der Waals surface area contributed by atoms with Crippen molar-refractivity contribution in [2.75, 3.05) is 0 Å². The average molecular weight is 497 g/mol. The second kappa shape index (κ2) is 9.07. The molecular formula is C30H32N4O3. The van der Waals surface area contributed by atoms with E-state index in [0.29, 0.717) is 5.56 Å². The number of alkyl carbamates (subject to hydrolysis) is 1. The Kier molecular flexibility index (Phi) is 6.02. The lowest BCUT2D eigenvalue weighted by atomic mass is 9.71. The third kappa shape index (κ3) is 4.69. The lowest BCUT2D eigenvalue weighted by Gasteiger charge is -2.43. The van der Waals surface area contributed by atoms with Crippen LogP contribution in [0.4, 0.5) is 4.79 Å². The molecule has 2 aromatic carbocycles. The monoisotopic (exact) mass is 496 g/mol. The standard InChI is InChI=1S/C30H32N4O3/c1-19-17-22(26(31)35)18-34-25(21-9-6-5-7-10-21)24(32-27(19)34)20-11-13-23(14-12-20)30(15-8-16-30)33-28(36)37-29(2,3)4/h5-7,9-14,17-18H,8,15-16H2,1-4H3,(H2,31,35)(H,33,36). The summed E-state index contributed by atoms with van der Waals surface area (Å²) in [6.07, 6.45) is 4.13. The maximum Gasteiger partial charge on any atom is 0.408 e. The Hall–Kier alpha value is -4.13. The number of pyridine rings is 1. The number of ether oxygens (including phenoxy) is 1. The van der Waals surface area contributed by atoms with E-state index in [2.05, 4.69) is 17.4 Å². The summed E-state index contributed by atoms with van der Waals surface area (Å²) in [5.41, 5.74) is 11.4. The molecule has 2 aromatic heterocycles. The van der Waals surface area contributed by atoms with Crippen LogP contribution in [0.2, 0.25) is 0 Å². The minimum absolute atomic E-state index is 0.399. The van der Waals surface area contributed by atoms with Crippen molar-refractivity contribution in [3.05, 3.63) is 83.6 Å². The zero-order valence-electron chi connectivity index (χ0n) is 21.7. The number of carbonyl (C=O) groups excluding carboxylic acids is 2. The van der Waals surface area contributed by atoms with Crippen molar-refractivity contribution in [3.63, 3.8) is 0 Å². The van der Waals surface area contributed by atoms with Crippen molar-refractivity contribution < 1.29 is 14.3 Å². The molecule has 4 aromatic rings. The van der Waals surface area contributed by atoms with Gasteiger partial charge in [0, 0.05) is 17.3 Å². The third-order valence-corrected chi connectivity index (χ3v) is 6.89. The smallest absolute Gasteiger partial charge is 0.408 e. The molecule has 7 heteroatoms. The topological polar surface area (TPSA) is 98.7 Å². The second-order valence-corrected chi connectivity index (χ2v) is 10.8. The van der Waals surface area contributed by atoms with Crippen LogP contribution in [-0.2, 0) is 10.3 Å². The van der Waals surface area contributed by atoms with Gasteiger partial charge in [0.25, 0.3) is 0 Å². The summed E-state index contributed by atoms with van der Waals surface area (Å²) >= 11 is 0. The molecule has 0 aliphatic heterocycles. The van der Waals surface area contributed by atoms with Crippen LogP contribution in [-0.4, -0.2) is 27.0 Å². The van der Waals surface area contributed by atoms with Gasteiger partial charge in [0.05, 0.1) is 22.5 Å². The first kappa shape index (κ1) is 24.6. The van der Waals surface area contributed by atoms with Gasteiger partial charge >= 0.3 is 6.09 Å². The van der Waals surface area contributed by atoms with Crippen LogP contribution in [0.15, 0.2) is 66.9 Å². The molecule has 0 radical (unpaired) electrons. The van der Waals surface area contributed by atoms with Crippen LogP contribution in [0.25, 0.3) is 28.2 Å². The number of rotatable bonds is 5. The van der Waals surface area contributed by atoms with Crippen molar-refractivity contribution in [2.24, 2.45) is 5.73 Å². The minimum atomic E-state index is -0.553. The molecule has 0 atom stereocenters. The molecule has 5 rings (SSSR count). The summed E-state index contributed by atoms with van der Waals surface area (Å²) in [5, 5.41) is 3.12. The van der Waals surface area contributed by atoms with Gasteiger partial charge in [-0.25, -0.2) is 9.78 Å². The molecule has 0 unspecified atom stereocenters. The van der Waals surface area contributed by atoms with Crippen molar-refractivity contribution in [2.45, 2.75) is 58.1 Å². The van der Waals surface area contributed by atoms with E-state index in [1.807, 2.05) is 74.6 Å². The zero-order chi connectivity index (χ0) is 26.4. The van der Waals surface area contributed by atoms with Gasteiger partial charge in [-0.05, 0) is 64.2 Å². The van der Waals surface area contributed by atoms with Gasteiger partial charge in [-0.2, -0.15) is 0 Å². The second-order valence-electron chi connectivity index (χ2n) is 10.8. The number of hydrogen-bond donors (Lipinski definition) is 2. The Bertz CT molecular complexity index is 1480. The van der Waals surface area contributed by atoms with E-state index >= 15 is 0 Å². The number of carbonyl (C=O) groups is 2. The number of primary amides is 1. The molecule has 2 amide bonds. The Morgan fingerprint density at radius 2 is 1.70 bits per heavy atom. The van der Waals surface area contributed by atoms with Crippen molar-refractivity contribution in [1.29, 1.82) is 0 Å². The molecule has 3 N–H and O–H groups in total. The molecule has 0 bridgehead atoms. The number of nitrogens with zero attached hydrogens (tertiary/aromatic N) is 2. The Morgan fingerprint density at radius 3 is 2.27 bits per heavy atom. The summed E-state index contributed by atoms with van der Waals surface area (Å²) in [6, 6.07) is 20.0. The maximum atomic E-state index is 12.6. The van der Waals surface area contributed by atoms with Crippen LogP contribution < -0.4 is 11.1 Å². The molecule has 1 aliphatic carbocycles. The van der Waals surface area contributed by atoms with Gasteiger partial charge < -0.3 is 15.8 Å². The van der Waals surface area contributed by atoms with Crippen molar-refractivity contribution >= 4 is 17.6 Å². The predicted molar refractivity (Wildman–Crippen MR) is 144 cm³/mol. The number of nitrogens with one attached hydrogen (secondary N) is 1. The molecule has 37 heavy (non-hydrogen) atoms. The van der Waals surface area contributed by atoms with Crippen molar-refractivity contribution in [3.8, 4) is 22.5 Å². The lowest BCUT2D eigenvalue weighted by molar-refractivity contribution is 0.0377. The first-order chi connectivity index (χ1) is 17.6. The number of aryl methyl sites for hydroxylation is 1. The van der Waals surface area contributed by atoms with Gasteiger partial charge in [-0.15, -0.1) is 0 Å². The molecular weight excluding hydrogens is 464 g/mol. The first-order valence-corrected chi connectivity index (χ1v) is 12.6. The third-order valence-electron chi connectivity index (χ3n) is 6.89. The molecule has 0 saturated heterocycles. The van der Waals surface area contributed by atoms with Crippen LogP contribution in [0.5, 0.6) is 0 Å². The highest BCUT2D eigenvalue weighted by molar-refractivity contribution is 5.94. The molecule has 2 heterocycles. The largest absolute Gasteiger partial charge is 0.444 e. The van der Waals surface area contributed by atoms with E-state index in [4.69, 9.17) is 15.5 Å². The number of amides is 2. The van der Waals surface area contributed by atoms with Crippen LogP contribution in [0, 0.1) is 6.92 Å². The van der Waals surface area contributed by atoms with Crippen LogP contribution >= 0.6 is 0 Å². The van der Waals surface area contributed by atoms with Gasteiger partial charge in [0.15, 0.2) is 0 Å². The first-order valence-electron chi connectivity index (χ1n) is 12.6. The van der Waals surface area contributed by atoms with Gasteiger partial charge in [0.2, 0.25) is 5.91 Å². The molecule has 7 nitrogen and oxygen atoms in total. The predicted octanol–water partition coefficient (Wildman–Crippen LogP) is 5.98. The Labute approximate surface area is 216 Å². The fourth-order valence-electron chi connectivity index (χ4n) is 4.98. The van der Waals surface area contributed by atoms with Crippen LogP contribution in [0.3, 0.4) is 0 Å². The van der Waals surface area contributed by atoms with Crippen LogP contribution in [0.1, 0.15) is 61.5 Å². The summed E-state index contributed by atoms with van der Waals surface area (Å²) in [4.78, 5) is 29.5. The highest BCUT2D eigenvalue weighted by Gasteiger charge is 2.41. The number of imidazole rings is 1. The molecule has 190 valence electrons.